The molecule has 3 atom stereocenters. The molecule has 0 radical (unpaired) electrons. The molecular weight excluding hydrogens is 667 g/mol. The number of nitrogen functional groups attached to an aromatic ring is 1. The van der Waals surface area contributed by atoms with Crippen LogP contribution in [-0.2, 0) is 9.53 Å². The molecule has 8 rings (SSSR count). The Morgan fingerprint density at radius 2 is 2.06 bits per heavy atom. The summed E-state index contributed by atoms with van der Waals surface area (Å²) in [6, 6.07) is 4.82. The van der Waals surface area contributed by atoms with Crippen molar-refractivity contribution < 1.29 is 27.4 Å². The zero-order valence-corrected chi connectivity index (χ0v) is 27.9. The Morgan fingerprint density at radius 1 is 1.23 bits per heavy atom. The summed E-state index contributed by atoms with van der Waals surface area (Å²) in [6.07, 6.45) is 4.76. The summed E-state index contributed by atoms with van der Waals surface area (Å²) in [7, 11) is 1.40. The molecule has 4 saturated heterocycles. The van der Waals surface area contributed by atoms with Gasteiger partial charge in [-0.25, -0.2) is 18.2 Å². The van der Waals surface area contributed by atoms with Crippen LogP contribution in [0.4, 0.5) is 24.1 Å². The number of fused-ring (bicyclic) bond motifs is 3. The number of ether oxygens (including phenoxy) is 2. The molecule has 4 aliphatic rings. The molecule has 6 heterocycles. The number of aromatic nitrogens is 3. The van der Waals surface area contributed by atoms with E-state index in [0.29, 0.717) is 68.6 Å². The Balaban J connectivity index is 0.000000347. The van der Waals surface area contributed by atoms with E-state index in [9.17, 15) is 13.6 Å². The third-order valence-electron chi connectivity index (χ3n) is 9.74. The number of carbonyl (C=O) groups is 1. The Hall–Kier alpha value is -3.72. The molecule has 10 nitrogen and oxygen atoms in total. The molecule has 0 aliphatic carbocycles. The van der Waals surface area contributed by atoms with Gasteiger partial charge >= 0.3 is 6.01 Å². The molecule has 1 spiro atoms. The average molecular weight is 702 g/mol. The number of methoxy groups -OCH3 is 1. The van der Waals surface area contributed by atoms with Crippen molar-refractivity contribution >= 4 is 60.9 Å². The molecular formula is C33H35ClF3N7O3S. The first-order valence-corrected chi connectivity index (χ1v) is 17.1. The van der Waals surface area contributed by atoms with Crippen molar-refractivity contribution in [2.24, 2.45) is 0 Å². The topological polar surface area (TPSA) is 110 Å². The van der Waals surface area contributed by atoms with E-state index in [2.05, 4.69) is 26.4 Å². The molecule has 15 heteroatoms. The second kappa shape index (κ2) is 13.0. The van der Waals surface area contributed by atoms with Gasteiger partial charge in [-0.15, -0.1) is 0 Å². The van der Waals surface area contributed by atoms with Gasteiger partial charge < -0.3 is 25.0 Å². The van der Waals surface area contributed by atoms with Crippen LogP contribution in [0, 0.1) is 11.6 Å². The molecule has 254 valence electrons. The van der Waals surface area contributed by atoms with Gasteiger partial charge in [0.15, 0.2) is 10.9 Å². The van der Waals surface area contributed by atoms with Crippen molar-refractivity contribution in [3.63, 3.8) is 0 Å². The average Bonchev–Trinajstić information content (AvgIpc) is 3.87. The number of carbonyl (C=O) groups excluding carboxylic acids is 1. The lowest BCUT2D eigenvalue weighted by Crippen LogP contribution is -2.64. The van der Waals surface area contributed by atoms with Crippen molar-refractivity contribution in [3.8, 4) is 17.1 Å². The minimum absolute atomic E-state index is 0.0155. The molecule has 4 aliphatic heterocycles. The number of thiazole rings is 1. The quantitative estimate of drug-likeness (QED) is 0.272. The second-order valence-electron chi connectivity index (χ2n) is 12.6. The van der Waals surface area contributed by atoms with E-state index in [1.54, 1.807) is 11.0 Å². The van der Waals surface area contributed by atoms with Crippen molar-refractivity contribution in [3.05, 3.63) is 47.5 Å². The number of rotatable bonds is 4. The minimum atomic E-state index is -0.724. The number of benzene rings is 2. The first kappa shape index (κ1) is 32.8. The Labute approximate surface area is 284 Å². The Kier molecular flexibility index (Phi) is 8.85. The second-order valence-corrected chi connectivity index (χ2v) is 14.0. The van der Waals surface area contributed by atoms with Gasteiger partial charge in [0.1, 0.15) is 23.3 Å². The van der Waals surface area contributed by atoms with Crippen LogP contribution in [0.25, 0.3) is 32.2 Å². The number of nitrogens with zero attached hydrogens (tertiary/aromatic N) is 6. The molecule has 2 aromatic carbocycles. The summed E-state index contributed by atoms with van der Waals surface area (Å²) in [5.41, 5.74) is 5.76. The molecule has 2 aromatic heterocycles. The number of hydrogen-bond donors (Lipinski definition) is 1. The lowest BCUT2D eigenvalue weighted by atomic mass is 9.92. The largest absolute Gasteiger partial charge is 0.467 e. The summed E-state index contributed by atoms with van der Waals surface area (Å²) >= 11 is 7.67. The summed E-state index contributed by atoms with van der Waals surface area (Å²) < 4.78 is 54.6. The summed E-state index contributed by atoms with van der Waals surface area (Å²) in [6.45, 7) is 7.59. The van der Waals surface area contributed by atoms with E-state index in [1.807, 2.05) is 4.90 Å². The molecule has 2 N–H and O–H groups in total. The van der Waals surface area contributed by atoms with Crippen molar-refractivity contribution in [2.75, 3.05) is 63.7 Å². The monoisotopic (exact) mass is 701 g/mol. The zero-order chi connectivity index (χ0) is 33.7. The highest BCUT2D eigenvalue weighted by molar-refractivity contribution is 7.22. The number of anilines is 2. The van der Waals surface area contributed by atoms with Gasteiger partial charge in [0.2, 0.25) is 5.91 Å². The Morgan fingerprint density at radius 3 is 2.79 bits per heavy atom. The standard InChI is InChI=1S/C26H23ClF2N6O3S.C7H12FN/c1-3-17(36)35-8-7-34(11-26(35)6-9-38-12-26)23-14-10-15(27)18(19(29)20(14)32-25(33-23)37-2)13-4-5-16(28)22-21(13)31-24(30)39-22;8-6-4-7-2-1-3-9(7)5-6/h3-5,10H,1,6-9,11-12H2,2H3,(H2,30,31);6-7H,1-5H2. The van der Waals surface area contributed by atoms with Crippen LogP contribution in [0.15, 0.2) is 30.9 Å². The summed E-state index contributed by atoms with van der Waals surface area (Å²) in [5.74, 6) is -0.982. The lowest BCUT2D eigenvalue weighted by Gasteiger charge is -2.48. The minimum Gasteiger partial charge on any atom is -0.467 e. The maximum atomic E-state index is 16.3. The highest BCUT2D eigenvalue weighted by Crippen LogP contribution is 2.43. The van der Waals surface area contributed by atoms with Gasteiger partial charge in [-0.1, -0.05) is 29.5 Å². The summed E-state index contributed by atoms with van der Waals surface area (Å²) in [4.78, 5) is 31.8. The molecule has 4 aromatic rings. The van der Waals surface area contributed by atoms with Crippen molar-refractivity contribution in [1.29, 1.82) is 0 Å². The van der Waals surface area contributed by atoms with E-state index in [0.717, 1.165) is 24.3 Å². The first-order chi connectivity index (χ1) is 23.1. The highest BCUT2D eigenvalue weighted by Gasteiger charge is 2.47. The van der Waals surface area contributed by atoms with E-state index >= 15 is 4.39 Å². The zero-order valence-electron chi connectivity index (χ0n) is 26.4. The third-order valence-corrected chi connectivity index (χ3v) is 10.9. The van der Waals surface area contributed by atoms with E-state index in [4.69, 9.17) is 26.8 Å². The van der Waals surface area contributed by atoms with Crippen LogP contribution < -0.4 is 15.4 Å². The normalized spacial score (nSPS) is 23.9. The van der Waals surface area contributed by atoms with Gasteiger partial charge in [0.05, 0.1) is 34.5 Å². The van der Waals surface area contributed by atoms with Gasteiger partial charge in [0.25, 0.3) is 0 Å². The van der Waals surface area contributed by atoms with Crippen LogP contribution >= 0.6 is 22.9 Å². The molecule has 1 amide bonds. The molecule has 0 bridgehead atoms. The van der Waals surface area contributed by atoms with Crippen LogP contribution in [-0.4, -0.2) is 101 Å². The van der Waals surface area contributed by atoms with Crippen LogP contribution in [0.3, 0.4) is 0 Å². The Bertz CT molecular complexity index is 1890. The van der Waals surface area contributed by atoms with E-state index in [1.165, 1.54) is 38.2 Å². The van der Waals surface area contributed by atoms with Crippen LogP contribution in [0.5, 0.6) is 6.01 Å². The van der Waals surface area contributed by atoms with Gasteiger partial charge in [-0.2, -0.15) is 9.97 Å². The first-order valence-electron chi connectivity index (χ1n) is 15.9. The predicted octanol–water partition coefficient (Wildman–Crippen LogP) is 5.62. The number of alkyl halides is 1. The third kappa shape index (κ3) is 5.71. The van der Waals surface area contributed by atoms with Gasteiger partial charge in [0, 0.05) is 55.3 Å². The molecule has 3 unspecified atom stereocenters. The van der Waals surface area contributed by atoms with E-state index in [-0.39, 0.29) is 43.4 Å². The maximum Gasteiger partial charge on any atom is 0.318 e. The molecule has 0 saturated carbocycles. The van der Waals surface area contributed by atoms with Crippen LogP contribution in [0.1, 0.15) is 25.7 Å². The number of hydrogen-bond acceptors (Lipinski definition) is 10. The molecule has 48 heavy (non-hydrogen) atoms. The van der Waals surface area contributed by atoms with Crippen molar-refractivity contribution in [1.82, 2.24) is 24.8 Å². The smallest absolute Gasteiger partial charge is 0.318 e. The van der Waals surface area contributed by atoms with Crippen LogP contribution in [0.2, 0.25) is 5.02 Å². The predicted molar refractivity (Wildman–Crippen MR) is 180 cm³/mol. The maximum absolute atomic E-state index is 16.3. The fraction of sp³-hybridized carbons (Fsp3) is 0.455. The van der Waals surface area contributed by atoms with Crippen molar-refractivity contribution in [2.45, 2.75) is 43.4 Å². The summed E-state index contributed by atoms with van der Waals surface area (Å²) in [5, 5.41) is 0.600. The van der Waals surface area contributed by atoms with Gasteiger partial charge in [-0.3, -0.25) is 9.69 Å². The fourth-order valence-corrected chi connectivity index (χ4v) is 8.56. The lowest BCUT2D eigenvalue weighted by molar-refractivity contribution is -0.133. The number of nitrogens with two attached hydrogens (primary N) is 1. The van der Waals surface area contributed by atoms with E-state index < -0.39 is 23.3 Å². The fourth-order valence-electron chi connectivity index (χ4n) is 7.51. The highest BCUT2D eigenvalue weighted by atomic mass is 35.5. The number of piperazine rings is 1. The molecule has 4 fully saturated rings. The number of amides is 1. The SMILES string of the molecule is C=CC(=O)N1CCN(c2nc(OC)nc3c(F)c(-c4ccc(F)c5sc(N)nc45)c(Cl)cc23)CC12CCOC2.FC1CC2CCCN2C1. The van der Waals surface area contributed by atoms with Gasteiger partial charge in [-0.05, 0) is 56.5 Å². The number of halogens is 4.